The van der Waals surface area contributed by atoms with Gasteiger partial charge in [0.15, 0.2) is 0 Å². The summed E-state index contributed by atoms with van der Waals surface area (Å²) in [5, 5.41) is 0. The number of esters is 1. The van der Waals surface area contributed by atoms with Crippen LogP contribution in [-0.4, -0.2) is 12.6 Å². The molecular weight excluding hydrogens is 296 g/mol. The Morgan fingerprint density at radius 3 is 2.71 bits per heavy atom. The van der Waals surface area contributed by atoms with Crippen LogP contribution in [0, 0.1) is 5.41 Å². The van der Waals surface area contributed by atoms with E-state index in [1.165, 1.54) is 6.92 Å². The number of carbonyl (C=O) groups excluding carboxylic acids is 1. The number of ether oxygens (including phenoxy) is 1. The van der Waals surface area contributed by atoms with E-state index in [0.29, 0.717) is 12.0 Å². The Labute approximate surface area is 154 Å². The van der Waals surface area contributed by atoms with Gasteiger partial charge < -0.3 is 4.74 Å². The quantitative estimate of drug-likeness (QED) is 0.435. The summed E-state index contributed by atoms with van der Waals surface area (Å²) < 4.78 is 44.9. The number of hydrogen-bond donors (Lipinski definition) is 0. The second-order valence-corrected chi connectivity index (χ2v) is 6.70. The standard InChI is InChI=1S/C22H32O2/c1-17(9-7-10-18(2)14-16-24-20(4)23)12-13-21-19(3)11-8-15-22(21,5)6/h7,9-10,12-14H,8,11,15-16H2,1-6H3/b10-7+,13-12+,17-9-,18-14+/i3D3,11D2. The summed E-state index contributed by atoms with van der Waals surface area (Å²) in [6.45, 7) is 6.86. The van der Waals surface area contributed by atoms with Crippen molar-refractivity contribution in [2.24, 2.45) is 5.41 Å². The van der Waals surface area contributed by atoms with Crippen molar-refractivity contribution in [1.82, 2.24) is 0 Å². The maximum absolute atomic E-state index is 10.8. The Kier molecular flexibility index (Phi) is 5.31. The summed E-state index contributed by atoms with van der Waals surface area (Å²) in [7, 11) is 0. The first kappa shape index (κ1) is 13.5. The molecule has 0 aliphatic heterocycles. The summed E-state index contributed by atoms with van der Waals surface area (Å²) in [5.41, 5.74) is 1.94. The van der Waals surface area contributed by atoms with E-state index >= 15 is 0 Å². The zero-order valence-electron chi connectivity index (χ0n) is 20.4. The number of carbonyl (C=O) groups is 1. The predicted molar refractivity (Wildman–Crippen MR) is 103 cm³/mol. The van der Waals surface area contributed by atoms with Crippen LogP contribution in [0.2, 0.25) is 0 Å². The fraction of sp³-hybridized carbons (Fsp3) is 0.500. The van der Waals surface area contributed by atoms with E-state index in [1.807, 2.05) is 52.0 Å². The number of rotatable bonds is 6. The zero-order chi connectivity index (χ0) is 22.5. The fourth-order valence-electron chi connectivity index (χ4n) is 2.36. The van der Waals surface area contributed by atoms with Crippen molar-refractivity contribution < 1.29 is 16.4 Å². The Bertz CT molecular complexity index is 763. The van der Waals surface area contributed by atoms with Crippen LogP contribution < -0.4 is 0 Å². The van der Waals surface area contributed by atoms with Gasteiger partial charge in [0.2, 0.25) is 0 Å². The van der Waals surface area contributed by atoms with Crippen LogP contribution in [-0.2, 0) is 9.53 Å². The lowest BCUT2D eigenvalue weighted by Gasteiger charge is -2.32. The Morgan fingerprint density at radius 1 is 1.29 bits per heavy atom. The van der Waals surface area contributed by atoms with E-state index in [2.05, 4.69) is 0 Å². The van der Waals surface area contributed by atoms with E-state index in [1.54, 1.807) is 12.2 Å². The van der Waals surface area contributed by atoms with Crippen LogP contribution in [0.1, 0.15) is 67.5 Å². The molecule has 0 N–H and O–H groups in total. The van der Waals surface area contributed by atoms with Crippen LogP contribution in [0.4, 0.5) is 0 Å². The molecule has 0 radical (unpaired) electrons. The summed E-state index contributed by atoms with van der Waals surface area (Å²) in [4.78, 5) is 10.8. The van der Waals surface area contributed by atoms with Crippen molar-refractivity contribution in [3.05, 3.63) is 58.7 Å². The van der Waals surface area contributed by atoms with Gasteiger partial charge in [-0.25, -0.2) is 0 Å². The monoisotopic (exact) mass is 333 g/mol. The fourth-order valence-corrected chi connectivity index (χ4v) is 2.36. The smallest absolute Gasteiger partial charge is 0.302 e. The van der Waals surface area contributed by atoms with Gasteiger partial charge in [0.05, 0.1) is 0 Å². The van der Waals surface area contributed by atoms with Crippen LogP contribution in [0.5, 0.6) is 0 Å². The molecule has 2 nitrogen and oxygen atoms in total. The van der Waals surface area contributed by atoms with E-state index in [4.69, 9.17) is 11.6 Å². The van der Waals surface area contributed by atoms with Crippen molar-refractivity contribution in [1.29, 1.82) is 0 Å². The molecule has 0 amide bonds. The Balaban J connectivity index is 3.08. The maximum Gasteiger partial charge on any atom is 0.302 e. The lowest BCUT2D eigenvalue weighted by Crippen LogP contribution is -2.19. The van der Waals surface area contributed by atoms with Crippen molar-refractivity contribution in [3.63, 3.8) is 0 Å². The van der Waals surface area contributed by atoms with Crippen LogP contribution in [0.25, 0.3) is 0 Å². The third-order valence-corrected chi connectivity index (χ3v) is 3.97. The van der Waals surface area contributed by atoms with Gasteiger partial charge in [-0.2, -0.15) is 0 Å². The molecule has 0 saturated heterocycles. The molecule has 0 fully saturated rings. The van der Waals surface area contributed by atoms with Gasteiger partial charge in [0.25, 0.3) is 0 Å². The molecule has 0 saturated carbocycles. The topological polar surface area (TPSA) is 26.3 Å². The molecular formula is C22H32O2. The average molecular weight is 334 g/mol. The van der Waals surface area contributed by atoms with Crippen molar-refractivity contribution in [2.75, 3.05) is 6.61 Å². The van der Waals surface area contributed by atoms with Crippen LogP contribution in [0.15, 0.2) is 58.7 Å². The molecule has 0 unspecified atom stereocenters. The van der Waals surface area contributed by atoms with E-state index in [9.17, 15) is 4.79 Å². The molecule has 1 rings (SSSR count). The second-order valence-electron chi connectivity index (χ2n) is 6.70. The normalized spacial score (nSPS) is 25.1. The van der Waals surface area contributed by atoms with Gasteiger partial charge in [-0.1, -0.05) is 60.9 Å². The lowest BCUT2D eigenvalue weighted by molar-refractivity contribution is -0.139. The molecule has 1 aliphatic rings. The van der Waals surface area contributed by atoms with Gasteiger partial charge in [-0.05, 0) is 57.0 Å². The highest BCUT2D eigenvalue weighted by Gasteiger charge is 2.26. The molecule has 2 heteroatoms. The molecule has 0 aromatic carbocycles. The van der Waals surface area contributed by atoms with Crippen molar-refractivity contribution >= 4 is 5.97 Å². The Morgan fingerprint density at radius 2 is 2.04 bits per heavy atom. The van der Waals surface area contributed by atoms with Crippen LogP contribution >= 0.6 is 0 Å². The summed E-state index contributed by atoms with van der Waals surface area (Å²) in [6, 6.07) is 0. The van der Waals surface area contributed by atoms with E-state index in [-0.39, 0.29) is 24.6 Å². The highest BCUT2D eigenvalue weighted by Crippen LogP contribution is 2.40. The highest BCUT2D eigenvalue weighted by atomic mass is 16.5. The first-order valence-electron chi connectivity index (χ1n) is 10.8. The average Bonchev–Trinajstić information content (AvgIpc) is 2.54. The third kappa shape index (κ3) is 7.16. The minimum atomic E-state index is -2.47. The van der Waals surface area contributed by atoms with E-state index < -0.39 is 18.6 Å². The lowest BCUT2D eigenvalue weighted by atomic mass is 9.72. The second kappa shape index (κ2) is 9.46. The SMILES string of the molecule is [2H]C([2H])([2H])C1=C(/C=C/C(C)=C\C=C\C(C)=C\COC(C)=O)C(C)(C)CCC1([2H])[2H]. The third-order valence-electron chi connectivity index (χ3n) is 3.97. The molecule has 0 atom stereocenters. The van der Waals surface area contributed by atoms with Crippen LogP contribution in [0.3, 0.4) is 0 Å². The predicted octanol–water partition coefficient (Wildman–Crippen LogP) is 6.08. The minimum absolute atomic E-state index is 0.0786. The first-order chi connectivity index (χ1) is 13.2. The zero-order valence-corrected chi connectivity index (χ0v) is 15.4. The summed E-state index contributed by atoms with van der Waals surface area (Å²) in [6.07, 6.45) is 9.99. The summed E-state index contributed by atoms with van der Waals surface area (Å²) >= 11 is 0. The van der Waals surface area contributed by atoms with Gasteiger partial charge in [0, 0.05) is 13.8 Å². The molecule has 132 valence electrons. The first-order valence-corrected chi connectivity index (χ1v) is 8.26. The molecule has 0 aromatic rings. The molecule has 0 spiro atoms. The van der Waals surface area contributed by atoms with Gasteiger partial charge >= 0.3 is 5.97 Å². The van der Waals surface area contributed by atoms with E-state index in [0.717, 1.165) is 11.1 Å². The van der Waals surface area contributed by atoms with Gasteiger partial charge in [-0.3, -0.25) is 4.79 Å². The van der Waals surface area contributed by atoms with Crippen molar-refractivity contribution in [3.8, 4) is 0 Å². The highest BCUT2D eigenvalue weighted by molar-refractivity contribution is 5.66. The molecule has 0 aromatic heterocycles. The van der Waals surface area contributed by atoms with Gasteiger partial charge in [0.1, 0.15) is 6.61 Å². The summed E-state index contributed by atoms with van der Waals surface area (Å²) in [5.74, 6) is -0.320. The van der Waals surface area contributed by atoms with Crippen molar-refractivity contribution in [2.45, 2.75) is 60.7 Å². The number of allylic oxidation sites excluding steroid dienone is 9. The Hall–Kier alpha value is -1.83. The largest absolute Gasteiger partial charge is 0.462 e. The molecule has 0 heterocycles. The van der Waals surface area contributed by atoms with Gasteiger partial charge in [-0.15, -0.1) is 0 Å². The molecule has 0 bridgehead atoms. The minimum Gasteiger partial charge on any atom is -0.462 e. The number of hydrogen-bond acceptors (Lipinski definition) is 2. The molecule has 1 aliphatic carbocycles. The molecule has 24 heavy (non-hydrogen) atoms. The maximum atomic E-state index is 10.8.